The molecule has 2 aromatic carbocycles. The molecule has 2 heterocycles. The van der Waals surface area contributed by atoms with E-state index in [1.54, 1.807) is 17.0 Å². The van der Waals surface area contributed by atoms with Crippen molar-refractivity contribution in [3.63, 3.8) is 0 Å². The summed E-state index contributed by atoms with van der Waals surface area (Å²) in [6.07, 6.45) is 2.88. The van der Waals surface area contributed by atoms with Gasteiger partial charge in [0.05, 0.1) is 24.0 Å². The number of benzene rings is 2. The highest BCUT2D eigenvalue weighted by atomic mass is 19.1. The molecule has 0 bridgehead atoms. The quantitative estimate of drug-likeness (QED) is 0.698. The number of hydrogen-bond acceptors (Lipinski definition) is 5. The van der Waals surface area contributed by atoms with E-state index in [0.717, 1.165) is 11.3 Å². The molecule has 2 amide bonds. The molecule has 1 N–H and O–H groups in total. The molecule has 30 heavy (non-hydrogen) atoms. The monoisotopic (exact) mass is 406 g/mol. The summed E-state index contributed by atoms with van der Waals surface area (Å²) in [4.78, 5) is 34.5. The van der Waals surface area contributed by atoms with Crippen molar-refractivity contribution in [3.05, 3.63) is 72.3 Å². The molecule has 1 aliphatic heterocycles. The van der Waals surface area contributed by atoms with Gasteiger partial charge in [0.15, 0.2) is 11.6 Å². The molecule has 152 valence electrons. The van der Waals surface area contributed by atoms with Crippen LogP contribution >= 0.6 is 0 Å². The SMILES string of the molecule is Cc1ccc(N2CC(C(=O)Nc3cnc(Oc4ccccc4F)nc3)CC2=O)cc1. The van der Waals surface area contributed by atoms with Crippen LogP contribution in [0.15, 0.2) is 60.9 Å². The second-order valence-corrected chi connectivity index (χ2v) is 7.02. The Kier molecular flexibility index (Phi) is 5.38. The summed E-state index contributed by atoms with van der Waals surface area (Å²) in [5.74, 6) is -1.38. The molecule has 7 nitrogen and oxygen atoms in total. The number of hydrogen-bond donors (Lipinski definition) is 1. The first kappa shape index (κ1) is 19.5. The summed E-state index contributed by atoms with van der Waals surface area (Å²) in [7, 11) is 0. The van der Waals surface area contributed by atoms with Crippen LogP contribution in [0.3, 0.4) is 0 Å². The van der Waals surface area contributed by atoms with E-state index in [4.69, 9.17) is 4.74 Å². The molecule has 1 aliphatic rings. The van der Waals surface area contributed by atoms with Gasteiger partial charge in [0, 0.05) is 18.7 Å². The number of ether oxygens (including phenoxy) is 1. The number of carbonyl (C=O) groups is 2. The lowest BCUT2D eigenvalue weighted by atomic mass is 10.1. The third kappa shape index (κ3) is 4.27. The lowest BCUT2D eigenvalue weighted by Crippen LogP contribution is -2.28. The first-order chi connectivity index (χ1) is 14.5. The molecule has 1 atom stereocenters. The molecule has 3 aromatic rings. The summed E-state index contributed by atoms with van der Waals surface area (Å²) in [5.41, 5.74) is 2.24. The van der Waals surface area contributed by atoms with Crippen molar-refractivity contribution in [1.29, 1.82) is 0 Å². The van der Waals surface area contributed by atoms with Crippen LogP contribution in [0.2, 0.25) is 0 Å². The number of nitrogens with one attached hydrogen (secondary N) is 1. The molecule has 1 saturated heterocycles. The van der Waals surface area contributed by atoms with E-state index >= 15 is 0 Å². The number of aryl methyl sites for hydroxylation is 1. The van der Waals surface area contributed by atoms with Crippen molar-refractivity contribution in [2.45, 2.75) is 13.3 Å². The number of aromatic nitrogens is 2. The summed E-state index contributed by atoms with van der Waals surface area (Å²) < 4.78 is 18.9. The van der Waals surface area contributed by atoms with Gasteiger partial charge in [0.2, 0.25) is 11.8 Å². The molecule has 0 aliphatic carbocycles. The van der Waals surface area contributed by atoms with Gasteiger partial charge < -0.3 is 15.0 Å². The zero-order valence-corrected chi connectivity index (χ0v) is 16.2. The minimum Gasteiger partial charge on any atom is -0.421 e. The van der Waals surface area contributed by atoms with Crippen LogP contribution in [-0.4, -0.2) is 28.3 Å². The fourth-order valence-corrected chi connectivity index (χ4v) is 3.16. The van der Waals surface area contributed by atoms with Crippen molar-refractivity contribution in [2.75, 3.05) is 16.8 Å². The van der Waals surface area contributed by atoms with Crippen LogP contribution in [0.5, 0.6) is 11.8 Å². The topological polar surface area (TPSA) is 84.4 Å². The molecule has 0 saturated carbocycles. The third-order valence-electron chi connectivity index (χ3n) is 4.78. The second kappa shape index (κ2) is 8.28. The lowest BCUT2D eigenvalue weighted by Gasteiger charge is -2.17. The fraction of sp³-hybridized carbons (Fsp3) is 0.182. The van der Waals surface area contributed by atoms with E-state index in [2.05, 4.69) is 15.3 Å². The maximum atomic E-state index is 13.6. The molecule has 1 unspecified atom stereocenters. The smallest absolute Gasteiger partial charge is 0.322 e. The normalized spacial score (nSPS) is 15.9. The standard InChI is InChI=1S/C22H19FN4O3/c1-14-6-8-17(9-7-14)27-13-15(10-20(27)28)21(29)26-16-11-24-22(25-12-16)30-19-5-3-2-4-18(19)23/h2-9,11-12,15H,10,13H2,1H3,(H,26,29). The molecule has 4 rings (SSSR count). The molecule has 1 fully saturated rings. The Hall–Kier alpha value is -3.81. The predicted molar refractivity (Wildman–Crippen MR) is 109 cm³/mol. The number of carbonyl (C=O) groups excluding carboxylic acids is 2. The number of nitrogens with zero attached hydrogens (tertiary/aromatic N) is 3. The zero-order valence-electron chi connectivity index (χ0n) is 16.2. The van der Waals surface area contributed by atoms with Gasteiger partial charge in [-0.15, -0.1) is 0 Å². The van der Waals surface area contributed by atoms with Crippen molar-refractivity contribution in [3.8, 4) is 11.8 Å². The van der Waals surface area contributed by atoms with Crippen LogP contribution in [0.1, 0.15) is 12.0 Å². The van der Waals surface area contributed by atoms with Gasteiger partial charge in [-0.1, -0.05) is 29.8 Å². The van der Waals surface area contributed by atoms with Crippen LogP contribution in [0.4, 0.5) is 15.8 Å². The van der Waals surface area contributed by atoms with E-state index in [1.807, 2.05) is 31.2 Å². The maximum absolute atomic E-state index is 13.6. The first-order valence-electron chi connectivity index (χ1n) is 9.42. The second-order valence-electron chi connectivity index (χ2n) is 7.02. The highest BCUT2D eigenvalue weighted by Gasteiger charge is 2.35. The van der Waals surface area contributed by atoms with Crippen LogP contribution < -0.4 is 15.0 Å². The predicted octanol–water partition coefficient (Wildman–Crippen LogP) is 3.71. The van der Waals surface area contributed by atoms with E-state index in [9.17, 15) is 14.0 Å². The molecule has 0 radical (unpaired) electrons. The van der Waals surface area contributed by atoms with E-state index in [-0.39, 0.29) is 30.0 Å². The van der Waals surface area contributed by atoms with Gasteiger partial charge in [0.25, 0.3) is 0 Å². The zero-order chi connectivity index (χ0) is 21.1. The minimum atomic E-state index is -0.525. The molecular weight excluding hydrogens is 387 g/mol. The minimum absolute atomic E-state index is 0.00921. The first-order valence-corrected chi connectivity index (χ1v) is 9.42. The van der Waals surface area contributed by atoms with Gasteiger partial charge in [-0.25, -0.2) is 14.4 Å². The number of rotatable bonds is 5. The largest absolute Gasteiger partial charge is 0.421 e. The highest BCUT2D eigenvalue weighted by molar-refractivity contribution is 6.03. The lowest BCUT2D eigenvalue weighted by molar-refractivity contribution is -0.122. The van der Waals surface area contributed by atoms with Gasteiger partial charge in [-0.2, -0.15) is 0 Å². The number of anilines is 2. The van der Waals surface area contributed by atoms with Crippen molar-refractivity contribution in [1.82, 2.24) is 9.97 Å². The van der Waals surface area contributed by atoms with Crippen molar-refractivity contribution < 1.29 is 18.7 Å². The fourth-order valence-electron chi connectivity index (χ4n) is 3.16. The van der Waals surface area contributed by atoms with Crippen molar-refractivity contribution >= 4 is 23.2 Å². The van der Waals surface area contributed by atoms with Crippen LogP contribution in [0, 0.1) is 18.7 Å². The van der Waals surface area contributed by atoms with Gasteiger partial charge in [-0.3, -0.25) is 9.59 Å². The van der Waals surface area contributed by atoms with E-state index in [1.165, 1.54) is 24.5 Å². The average Bonchev–Trinajstić information content (AvgIpc) is 3.13. The van der Waals surface area contributed by atoms with E-state index in [0.29, 0.717) is 12.2 Å². The summed E-state index contributed by atoms with van der Waals surface area (Å²) in [5, 5.41) is 2.72. The van der Waals surface area contributed by atoms with Gasteiger partial charge >= 0.3 is 6.01 Å². The summed E-state index contributed by atoms with van der Waals surface area (Å²) >= 11 is 0. The summed E-state index contributed by atoms with van der Waals surface area (Å²) in [6.45, 7) is 2.28. The number of amides is 2. The van der Waals surface area contributed by atoms with Crippen LogP contribution in [0.25, 0.3) is 0 Å². The molecular formula is C22H19FN4O3. The van der Waals surface area contributed by atoms with Crippen molar-refractivity contribution in [2.24, 2.45) is 5.92 Å². The maximum Gasteiger partial charge on any atom is 0.322 e. The Labute approximate surface area is 172 Å². The molecule has 0 spiro atoms. The van der Waals surface area contributed by atoms with Crippen LogP contribution in [-0.2, 0) is 9.59 Å². The van der Waals surface area contributed by atoms with Gasteiger partial charge in [0.1, 0.15) is 0 Å². The van der Waals surface area contributed by atoms with Gasteiger partial charge in [-0.05, 0) is 31.2 Å². The third-order valence-corrected chi connectivity index (χ3v) is 4.78. The Balaban J connectivity index is 1.37. The van der Waals surface area contributed by atoms with E-state index < -0.39 is 11.7 Å². The number of halogens is 1. The Bertz CT molecular complexity index is 1070. The Morgan fingerprint density at radius 2 is 1.83 bits per heavy atom. The highest BCUT2D eigenvalue weighted by Crippen LogP contribution is 2.26. The Morgan fingerprint density at radius 3 is 2.53 bits per heavy atom. The average molecular weight is 406 g/mol. The Morgan fingerprint density at radius 1 is 1.13 bits per heavy atom. The molecule has 1 aromatic heterocycles. The molecule has 8 heteroatoms. The number of para-hydroxylation sites is 1. The summed E-state index contributed by atoms with van der Waals surface area (Å²) in [6, 6.07) is 13.5.